The van der Waals surface area contributed by atoms with Crippen molar-refractivity contribution in [2.45, 2.75) is 19.9 Å². The lowest BCUT2D eigenvalue weighted by molar-refractivity contribution is 0.617. The molecule has 1 aromatic heterocycles. The van der Waals surface area contributed by atoms with E-state index < -0.39 is 0 Å². The molecular formula is C14H14Cl2FNS. The Morgan fingerprint density at radius 2 is 2.05 bits per heavy atom. The normalized spacial score (nSPS) is 12.7. The molecule has 1 N–H and O–H groups in total. The molecule has 2 aromatic rings. The first-order valence-corrected chi connectivity index (χ1v) is 7.54. The minimum absolute atomic E-state index is 0.0608. The molecule has 1 aromatic carbocycles. The molecule has 1 unspecified atom stereocenters. The summed E-state index contributed by atoms with van der Waals surface area (Å²) in [7, 11) is 0. The Hall–Kier alpha value is -0.610. The van der Waals surface area contributed by atoms with Crippen LogP contribution in [-0.2, 0) is 0 Å². The Kier molecular flexibility index (Phi) is 4.85. The van der Waals surface area contributed by atoms with Crippen LogP contribution in [0.3, 0.4) is 0 Å². The third-order valence-electron chi connectivity index (χ3n) is 2.84. The van der Waals surface area contributed by atoms with Crippen LogP contribution >= 0.6 is 34.5 Å². The average molecular weight is 318 g/mol. The molecule has 0 aliphatic rings. The Labute approximate surface area is 126 Å². The van der Waals surface area contributed by atoms with Gasteiger partial charge in [0.1, 0.15) is 5.82 Å². The first kappa shape index (κ1) is 14.8. The lowest BCUT2D eigenvalue weighted by atomic mass is 10.0. The number of thiophene rings is 1. The summed E-state index contributed by atoms with van der Waals surface area (Å²) in [6.45, 7) is 4.77. The van der Waals surface area contributed by atoms with Crippen molar-refractivity contribution >= 4 is 34.5 Å². The molecule has 102 valence electrons. The van der Waals surface area contributed by atoms with E-state index in [1.807, 2.05) is 19.9 Å². The van der Waals surface area contributed by atoms with E-state index in [1.54, 1.807) is 6.07 Å². The molecule has 2 rings (SSSR count). The van der Waals surface area contributed by atoms with Crippen molar-refractivity contribution in [3.8, 4) is 0 Å². The lowest BCUT2D eigenvalue weighted by Gasteiger charge is -2.18. The molecule has 0 saturated carbocycles. The molecule has 5 heteroatoms. The summed E-state index contributed by atoms with van der Waals surface area (Å²) < 4.78 is 13.9. The highest BCUT2D eigenvalue weighted by Gasteiger charge is 2.19. The Morgan fingerprint density at radius 1 is 1.32 bits per heavy atom. The monoisotopic (exact) mass is 317 g/mol. The van der Waals surface area contributed by atoms with Gasteiger partial charge < -0.3 is 5.32 Å². The Morgan fingerprint density at radius 3 is 2.58 bits per heavy atom. The van der Waals surface area contributed by atoms with Crippen LogP contribution in [0.25, 0.3) is 0 Å². The van der Waals surface area contributed by atoms with Gasteiger partial charge in [0.2, 0.25) is 0 Å². The van der Waals surface area contributed by atoms with Gasteiger partial charge in [-0.1, -0.05) is 36.2 Å². The van der Waals surface area contributed by atoms with Crippen LogP contribution in [0, 0.1) is 12.7 Å². The molecule has 1 nitrogen and oxygen atoms in total. The minimum atomic E-state index is -0.329. The van der Waals surface area contributed by atoms with Gasteiger partial charge in [-0.3, -0.25) is 0 Å². The van der Waals surface area contributed by atoms with Crippen LogP contribution in [0.1, 0.15) is 29.0 Å². The van der Waals surface area contributed by atoms with Crippen molar-refractivity contribution in [2.24, 2.45) is 0 Å². The highest BCUT2D eigenvalue weighted by Crippen LogP contribution is 2.36. The number of hydrogen-bond donors (Lipinski definition) is 1. The van der Waals surface area contributed by atoms with Gasteiger partial charge in [-0.25, -0.2) is 4.39 Å². The van der Waals surface area contributed by atoms with E-state index >= 15 is 0 Å². The first-order valence-electron chi connectivity index (χ1n) is 5.97. The Balaban J connectivity index is 2.44. The summed E-state index contributed by atoms with van der Waals surface area (Å²) in [6, 6.07) is 6.46. The summed E-state index contributed by atoms with van der Waals surface area (Å²) in [4.78, 5) is 1.08. The van der Waals surface area contributed by atoms with Gasteiger partial charge in [0, 0.05) is 9.90 Å². The second-order valence-corrected chi connectivity index (χ2v) is 6.36. The lowest BCUT2D eigenvalue weighted by Crippen LogP contribution is -2.21. The van der Waals surface area contributed by atoms with Gasteiger partial charge in [-0.2, -0.15) is 0 Å². The zero-order chi connectivity index (χ0) is 14.0. The molecule has 0 saturated heterocycles. The van der Waals surface area contributed by atoms with E-state index in [1.165, 1.54) is 23.5 Å². The average Bonchev–Trinajstić information content (AvgIpc) is 2.67. The standard InChI is InChI=1S/C14H14Cl2FNS/c1-3-18-13(12-6-8(2)14(16)19-12)10-5-4-9(17)7-11(10)15/h4-7,13,18H,3H2,1-2H3. The van der Waals surface area contributed by atoms with Gasteiger partial charge in [-0.15, -0.1) is 11.3 Å². The minimum Gasteiger partial charge on any atom is -0.306 e. The zero-order valence-corrected chi connectivity index (χ0v) is 13.0. The molecular weight excluding hydrogens is 304 g/mol. The molecule has 0 aliphatic heterocycles. The second kappa shape index (κ2) is 6.23. The fourth-order valence-electron chi connectivity index (χ4n) is 1.93. The van der Waals surface area contributed by atoms with Crippen LogP contribution in [0.4, 0.5) is 4.39 Å². The predicted molar refractivity (Wildman–Crippen MR) is 81.0 cm³/mol. The zero-order valence-electron chi connectivity index (χ0n) is 10.6. The molecule has 1 heterocycles. The number of rotatable bonds is 4. The SMILES string of the molecule is CCNC(c1cc(C)c(Cl)s1)c1ccc(F)cc1Cl. The van der Waals surface area contributed by atoms with E-state index in [-0.39, 0.29) is 11.9 Å². The van der Waals surface area contributed by atoms with Gasteiger partial charge >= 0.3 is 0 Å². The molecule has 0 fully saturated rings. The Bertz CT molecular complexity index is 563. The maximum Gasteiger partial charge on any atom is 0.124 e. The van der Waals surface area contributed by atoms with Crippen LogP contribution in [0.2, 0.25) is 9.36 Å². The van der Waals surface area contributed by atoms with E-state index in [0.717, 1.165) is 26.9 Å². The van der Waals surface area contributed by atoms with E-state index in [2.05, 4.69) is 5.32 Å². The number of halogens is 3. The molecule has 19 heavy (non-hydrogen) atoms. The fourth-order valence-corrected chi connectivity index (χ4v) is 3.52. The molecule has 0 aliphatic carbocycles. The molecule has 1 atom stereocenters. The first-order chi connectivity index (χ1) is 9.02. The van der Waals surface area contributed by atoms with Crippen molar-refractivity contribution < 1.29 is 4.39 Å². The van der Waals surface area contributed by atoms with Gasteiger partial charge in [0.25, 0.3) is 0 Å². The van der Waals surface area contributed by atoms with Crippen LogP contribution in [0.15, 0.2) is 24.3 Å². The van der Waals surface area contributed by atoms with Crippen LogP contribution < -0.4 is 5.32 Å². The number of nitrogens with one attached hydrogen (secondary N) is 1. The van der Waals surface area contributed by atoms with Crippen molar-refractivity contribution in [2.75, 3.05) is 6.54 Å². The molecule has 0 spiro atoms. The van der Waals surface area contributed by atoms with Gasteiger partial charge in [0.05, 0.1) is 10.4 Å². The third kappa shape index (κ3) is 3.29. The highest BCUT2D eigenvalue weighted by molar-refractivity contribution is 7.16. The van der Waals surface area contributed by atoms with E-state index in [0.29, 0.717) is 5.02 Å². The maximum absolute atomic E-state index is 13.1. The highest BCUT2D eigenvalue weighted by atomic mass is 35.5. The van der Waals surface area contributed by atoms with Gasteiger partial charge in [-0.05, 0) is 42.8 Å². The quantitative estimate of drug-likeness (QED) is 0.817. The van der Waals surface area contributed by atoms with Crippen LogP contribution in [-0.4, -0.2) is 6.54 Å². The van der Waals surface area contributed by atoms with Gasteiger partial charge in [0.15, 0.2) is 0 Å². The number of benzene rings is 1. The summed E-state index contributed by atoms with van der Waals surface area (Å²) >= 11 is 13.8. The number of hydrogen-bond acceptors (Lipinski definition) is 2. The third-order valence-corrected chi connectivity index (χ3v) is 4.79. The van der Waals surface area contributed by atoms with Crippen molar-refractivity contribution in [3.05, 3.63) is 55.4 Å². The summed E-state index contributed by atoms with van der Waals surface area (Å²) in [5.41, 5.74) is 1.91. The fraction of sp³-hybridized carbons (Fsp3) is 0.286. The molecule has 0 amide bonds. The summed E-state index contributed by atoms with van der Waals surface area (Å²) in [5.74, 6) is -0.329. The van der Waals surface area contributed by atoms with E-state index in [9.17, 15) is 4.39 Å². The summed E-state index contributed by atoms with van der Waals surface area (Å²) in [6.07, 6.45) is 0. The molecule has 0 bridgehead atoms. The molecule has 0 radical (unpaired) electrons. The second-order valence-electron chi connectivity index (χ2n) is 4.26. The van der Waals surface area contributed by atoms with E-state index in [4.69, 9.17) is 23.2 Å². The largest absolute Gasteiger partial charge is 0.306 e. The van der Waals surface area contributed by atoms with Crippen molar-refractivity contribution in [1.82, 2.24) is 5.32 Å². The topological polar surface area (TPSA) is 12.0 Å². The predicted octanol–water partition coefficient (Wildman–Crippen LogP) is 5.20. The summed E-state index contributed by atoms with van der Waals surface area (Å²) in [5, 5.41) is 3.79. The van der Waals surface area contributed by atoms with Crippen molar-refractivity contribution in [1.29, 1.82) is 0 Å². The van der Waals surface area contributed by atoms with Crippen molar-refractivity contribution in [3.63, 3.8) is 0 Å². The smallest absolute Gasteiger partial charge is 0.124 e. The van der Waals surface area contributed by atoms with Crippen LogP contribution in [0.5, 0.6) is 0 Å². The maximum atomic E-state index is 13.1. The number of aryl methyl sites for hydroxylation is 1.